The molecule has 0 aromatic rings. The van der Waals surface area contributed by atoms with Gasteiger partial charge >= 0.3 is 5.97 Å². The summed E-state index contributed by atoms with van der Waals surface area (Å²) < 4.78 is 9.83. The Kier molecular flexibility index (Phi) is 6.84. The van der Waals surface area contributed by atoms with E-state index < -0.39 is 0 Å². The first-order chi connectivity index (χ1) is 9.08. The Morgan fingerprint density at radius 2 is 1.89 bits per heavy atom. The average molecular weight is 271 g/mol. The normalized spacial score (nSPS) is 17.2. The quantitative estimate of drug-likeness (QED) is 0.662. The summed E-state index contributed by atoms with van der Waals surface area (Å²) in [5, 5.41) is 0. The fourth-order valence-electron chi connectivity index (χ4n) is 2.43. The lowest BCUT2D eigenvalue weighted by molar-refractivity contribution is -0.148. The van der Waals surface area contributed by atoms with E-state index in [1.54, 1.807) is 12.0 Å². The molecule has 0 saturated heterocycles. The number of hydrogen-bond acceptors (Lipinski definition) is 4. The van der Waals surface area contributed by atoms with E-state index in [4.69, 9.17) is 4.74 Å². The molecule has 19 heavy (non-hydrogen) atoms. The highest BCUT2D eigenvalue weighted by Gasteiger charge is 2.28. The maximum Gasteiger partial charge on any atom is 0.325 e. The van der Waals surface area contributed by atoms with E-state index in [1.807, 2.05) is 6.92 Å². The third kappa shape index (κ3) is 5.19. The van der Waals surface area contributed by atoms with Gasteiger partial charge in [0.1, 0.15) is 6.54 Å². The number of rotatable bonds is 7. The van der Waals surface area contributed by atoms with Crippen molar-refractivity contribution in [1.82, 2.24) is 4.90 Å². The van der Waals surface area contributed by atoms with Crippen LogP contribution in [0.2, 0.25) is 0 Å². The monoisotopic (exact) mass is 271 g/mol. The molecule has 1 atom stereocenters. The number of ether oxygens (including phenoxy) is 2. The van der Waals surface area contributed by atoms with Crippen LogP contribution in [0.5, 0.6) is 0 Å². The highest BCUT2D eigenvalue weighted by Crippen LogP contribution is 2.24. The molecule has 5 nitrogen and oxygen atoms in total. The molecule has 0 aliphatic heterocycles. The highest BCUT2D eigenvalue weighted by molar-refractivity contribution is 5.82. The predicted molar refractivity (Wildman–Crippen MR) is 71.7 cm³/mol. The van der Waals surface area contributed by atoms with Gasteiger partial charge in [0, 0.05) is 19.6 Å². The van der Waals surface area contributed by atoms with Crippen LogP contribution in [0.3, 0.4) is 0 Å². The fraction of sp³-hybridized carbons (Fsp3) is 0.857. The van der Waals surface area contributed by atoms with Gasteiger partial charge in [0.25, 0.3) is 0 Å². The Morgan fingerprint density at radius 1 is 1.26 bits per heavy atom. The number of nitrogens with zero attached hydrogens (tertiary/aromatic N) is 1. The maximum atomic E-state index is 12.3. The second kappa shape index (κ2) is 8.15. The van der Waals surface area contributed by atoms with Crippen molar-refractivity contribution in [2.75, 3.05) is 20.8 Å². The lowest BCUT2D eigenvalue weighted by atomic mass is 10.1. The molecule has 0 spiro atoms. The van der Waals surface area contributed by atoms with Gasteiger partial charge in [-0.25, -0.2) is 0 Å². The second-order valence-electron chi connectivity index (χ2n) is 5.12. The molecule has 0 bridgehead atoms. The second-order valence-corrected chi connectivity index (χ2v) is 5.12. The van der Waals surface area contributed by atoms with Crippen LogP contribution in [0.4, 0.5) is 0 Å². The summed E-state index contributed by atoms with van der Waals surface area (Å²) in [7, 11) is 2.99. The van der Waals surface area contributed by atoms with Gasteiger partial charge in [-0.15, -0.1) is 0 Å². The molecule has 110 valence electrons. The molecule has 0 heterocycles. The molecular weight excluding hydrogens is 246 g/mol. The molecular formula is C14H25NO4. The van der Waals surface area contributed by atoms with Crippen LogP contribution >= 0.6 is 0 Å². The maximum absolute atomic E-state index is 12.3. The number of methoxy groups -OCH3 is 2. The highest BCUT2D eigenvalue weighted by atomic mass is 16.5. The lowest BCUT2D eigenvalue weighted by Crippen LogP contribution is -2.42. The molecule has 1 aliphatic rings. The van der Waals surface area contributed by atoms with Crippen molar-refractivity contribution in [3.63, 3.8) is 0 Å². The van der Waals surface area contributed by atoms with Crippen molar-refractivity contribution in [2.24, 2.45) is 0 Å². The molecule has 1 aliphatic carbocycles. The van der Waals surface area contributed by atoms with Crippen molar-refractivity contribution in [2.45, 2.75) is 57.6 Å². The molecule has 0 N–H and O–H groups in total. The standard InChI is InChI=1S/C14H25NO4/c1-11(18-2)8-9-13(16)15(10-14(17)19-3)12-6-4-5-7-12/h11-12H,4-10H2,1-3H3. The molecule has 0 radical (unpaired) electrons. The molecule has 0 aromatic carbocycles. The van der Waals surface area contributed by atoms with Gasteiger partial charge in [0.15, 0.2) is 0 Å². The zero-order valence-corrected chi connectivity index (χ0v) is 12.2. The summed E-state index contributed by atoms with van der Waals surface area (Å²) in [6.45, 7) is 2.01. The minimum absolute atomic E-state index is 0.0289. The van der Waals surface area contributed by atoms with Gasteiger partial charge in [-0.3, -0.25) is 9.59 Å². The topological polar surface area (TPSA) is 55.8 Å². The van der Waals surface area contributed by atoms with E-state index >= 15 is 0 Å². The van der Waals surface area contributed by atoms with Gasteiger partial charge in [-0.1, -0.05) is 12.8 Å². The lowest BCUT2D eigenvalue weighted by Gasteiger charge is -2.28. The van der Waals surface area contributed by atoms with Crippen LogP contribution in [0.25, 0.3) is 0 Å². The van der Waals surface area contributed by atoms with Gasteiger partial charge in [-0.2, -0.15) is 0 Å². The molecule has 1 saturated carbocycles. The van der Waals surface area contributed by atoms with E-state index in [-0.39, 0.29) is 30.6 Å². The van der Waals surface area contributed by atoms with E-state index in [0.29, 0.717) is 12.8 Å². The molecule has 1 rings (SSSR count). The number of amides is 1. The van der Waals surface area contributed by atoms with Gasteiger partial charge in [-0.05, 0) is 26.2 Å². The molecule has 0 aromatic heterocycles. The van der Waals surface area contributed by atoms with Crippen LogP contribution in [-0.2, 0) is 19.1 Å². The zero-order chi connectivity index (χ0) is 14.3. The van der Waals surface area contributed by atoms with Gasteiger partial charge in [0.2, 0.25) is 5.91 Å². The first-order valence-corrected chi connectivity index (χ1v) is 6.97. The number of esters is 1. The Labute approximate surface area is 115 Å². The van der Waals surface area contributed by atoms with Gasteiger partial charge < -0.3 is 14.4 Å². The predicted octanol–water partition coefficient (Wildman–Crippen LogP) is 1.75. The third-order valence-corrected chi connectivity index (χ3v) is 3.78. The Hall–Kier alpha value is -1.10. The summed E-state index contributed by atoms with van der Waals surface area (Å²) in [6.07, 6.45) is 5.40. The molecule has 1 unspecified atom stereocenters. The van der Waals surface area contributed by atoms with E-state index in [1.165, 1.54) is 7.11 Å². The van der Waals surface area contributed by atoms with Gasteiger partial charge in [0.05, 0.1) is 13.2 Å². The largest absolute Gasteiger partial charge is 0.468 e. The molecule has 5 heteroatoms. The number of carbonyl (C=O) groups excluding carboxylic acids is 2. The summed E-state index contributed by atoms with van der Waals surface area (Å²) in [4.78, 5) is 25.4. The van der Waals surface area contributed by atoms with Crippen molar-refractivity contribution >= 4 is 11.9 Å². The van der Waals surface area contributed by atoms with Crippen LogP contribution < -0.4 is 0 Å². The minimum Gasteiger partial charge on any atom is -0.468 e. The summed E-state index contributed by atoms with van der Waals surface area (Å²) in [5.41, 5.74) is 0. The molecule has 1 fully saturated rings. The van der Waals surface area contributed by atoms with Crippen molar-refractivity contribution < 1.29 is 19.1 Å². The molecule has 1 amide bonds. The number of hydrogen-bond donors (Lipinski definition) is 0. The third-order valence-electron chi connectivity index (χ3n) is 3.78. The fourth-order valence-corrected chi connectivity index (χ4v) is 2.43. The smallest absolute Gasteiger partial charge is 0.325 e. The van der Waals surface area contributed by atoms with E-state index in [2.05, 4.69) is 4.74 Å². The first kappa shape index (κ1) is 16.0. The van der Waals surface area contributed by atoms with Crippen molar-refractivity contribution in [3.05, 3.63) is 0 Å². The SMILES string of the molecule is COC(=O)CN(C(=O)CCC(C)OC)C1CCCC1. The van der Waals surface area contributed by atoms with E-state index in [0.717, 1.165) is 25.7 Å². The zero-order valence-electron chi connectivity index (χ0n) is 12.2. The van der Waals surface area contributed by atoms with E-state index in [9.17, 15) is 9.59 Å². The average Bonchev–Trinajstić information content (AvgIpc) is 2.95. The summed E-state index contributed by atoms with van der Waals surface area (Å²) in [5.74, 6) is -0.318. The van der Waals surface area contributed by atoms with Crippen LogP contribution in [0, 0.1) is 0 Å². The summed E-state index contributed by atoms with van der Waals surface area (Å²) in [6, 6.07) is 0.199. The Morgan fingerprint density at radius 3 is 2.42 bits per heavy atom. The van der Waals surface area contributed by atoms with Crippen LogP contribution in [-0.4, -0.2) is 49.7 Å². The number of carbonyl (C=O) groups is 2. The first-order valence-electron chi connectivity index (χ1n) is 6.97. The Balaban J connectivity index is 2.55. The van der Waals surface area contributed by atoms with Crippen molar-refractivity contribution in [3.8, 4) is 0 Å². The van der Waals surface area contributed by atoms with Crippen molar-refractivity contribution in [1.29, 1.82) is 0 Å². The van der Waals surface area contributed by atoms with Crippen LogP contribution in [0.15, 0.2) is 0 Å². The summed E-state index contributed by atoms with van der Waals surface area (Å²) >= 11 is 0. The Bertz CT molecular complexity index is 300. The van der Waals surface area contributed by atoms with Crippen LogP contribution in [0.1, 0.15) is 45.4 Å². The minimum atomic E-state index is -0.347.